The van der Waals surface area contributed by atoms with E-state index in [1.807, 2.05) is 25.2 Å². The molecule has 10 nitrogen and oxygen atoms in total. The predicted octanol–water partition coefficient (Wildman–Crippen LogP) is 0.977. The molecule has 28 heavy (non-hydrogen) atoms. The highest BCUT2D eigenvalue weighted by Gasteiger charge is 2.14. The Labute approximate surface area is 165 Å². The van der Waals surface area contributed by atoms with Crippen LogP contribution in [-0.4, -0.2) is 54.2 Å². The van der Waals surface area contributed by atoms with Crippen LogP contribution in [0.15, 0.2) is 32.8 Å². The molecule has 1 aromatic heterocycles. The van der Waals surface area contributed by atoms with Gasteiger partial charge in [0.05, 0.1) is 17.3 Å². The van der Waals surface area contributed by atoms with Gasteiger partial charge in [-0.3, -0.25) is 5.32 Å². The highest BCUT2D eigenvalue weighted by molar-refractivity contribution is 6.31. The smallest absolute Gasteiger partial charge is 0.205 e. The Balaban J connectivity index is 2.13. The summed E-state index contributed by atoms with van der Waals surface area (Å²) in [6, 6.07) is 3.93. The minimum absolute atomic E-state index is 0.00415. The summed E-state index contributed by atoms with van der Waals surface area (Å²) in [5.41, 5.74) is 6.81. The zero-order valence-electron chi connectivity index (χ0n) is 15.3. The zero-order chi connectivity index (χ0) is 20.5. The van der Waals surface area contributed by atoms with Gasteiger partial charge in [-0.05, 0) is 37.5 Å². The van der Waals surface area contributed by atoms with Crippen LogP contribution in [0.5, 0.6) is 0 Å². The van der Waals surface area contributed by atoms with Crippen LogP contribution in [0.4, 0.5) is 10.1 Å². The SMILES string of the molecule is CN(C)CCNC(=NCc1nonc1C(N)=Nc1ccc(F)c(Cl)c1)NC#N. The molecule has 0 fully saturated rings. The van der Waals surface area contributed by atoms with Crippen molar-refractivity contribution in [1.29, 1.82) is 5.26 Å². The Morgan fingerprint density at radius 3 is 2.89 bits per heavy atom. The number of aliphatic imine (C=N–C) groups is 2. The van der Waals surface area contributed by atoms with Gasteiger partial charge in [0.1, 0.15) is 11.5 Å². The molecular weight excluding hydrogens is 389 g/mol. The molecule has 1 aromatic carbocycles. The van der Waals surface area contributed by atoms with Crippen LogP contribution in [0.3, 0.4) is 0 Å². The molecule has 0 saturated carbocycles. The number of rotatable bonds is 7. The quantitative estimate of drug-likeness (QED) is 0.267. The number of aromatic nitrogens is 2. The number of nitrogens with one attached hydrogen (secondary N) is 2. The van der Waals surface area contributed by atoms with Crippen LogP contribution in [0.2, 0.25) is 5.02 Å². The maximum absolute atomic E-state index is 13.2. The van der Waals surface area contributed by atoms with E-state index in [4.69, 9.17) is 27.2 Å². The largest absolute Gasteiger partial charge is 0.382 e. The summed E-state index contributed by atoms with van der Waals surface area (Å²) in [5.74, 6) is -0.278. The van der Waals surface area contributed by atoms with Gasteiger partial charge in [0.2, 0.25) is 5.96 Å². The fraction of sp³-hybridized carbons (Fsp3) is 0.312. The lowest BCUT2D eigenvalue weighted by Gasteiger charge is -2.11. The number of halogens is 2. The number of guanidine groups is 1. The van der Waals surface area contributed by atoms with Gasteiger partial charge < -0.3 is 16.0 Å². The third kappa shape index (κ3) is 6.19. The van der Waals surface area contributed by atoms with Gasteiger partial charge in [-0.2, -0.15) is 5.26 Å². The first-order valence-corrected chi connectivity index (χ1v) is 8.47. The highest BCUT2D eigenvalue weighted by atomic mass is 35.5. The molecule has 0 radical (unpaired) electrons. The molecule has 0 amide bonds. The number of amidine groups is 1. The second kappa shape index (κ2) is 10.2. The molecule has 2 rings (SSSR count). The van der Waals surface area contributed by atoms with E-state index in [0.717, 1.165) is 6.54 Å². The Bertz CT molecular complexity index is 904. The topological polar surface area (TPSA) is 141 Å². The van der Waals surface area contributed by atoms with Crippen molar-refractivity contribution in [1.82, 2.24) is 25.8 Å². The summed E-state index contributed by atoms with van der Waals surface area (Å²) < 4.78 is 18.0. The van der Waals surface area contributed by atoms with E-state index in [1.165, 1.54) is 18.2 Å². The lowest BCUT2D eigenvalue weighted by atomic mass is 10.3. The summed E-state index contributed by atoms with van der Waals surface area (Å²) in [5, 5.41) is 21.7. The van der Waals surface area contributed by atoms with Crippen molar-refractivity contribution in [3.05, 3.63) is 40.4 Å². The van der Waals surface area contributed by atoms with Crippen LogP contribution in [0, 0.1) is 17.3 Å². The number of nitrogens with zero attached hydrogens (tertiary/aromatic N) is 6. The number of hydrogen-bond acceptors (Lipinski definition) is 7. The van der Waals surface area contributed by atoms with Gasteiger partial charge in [0.25, 0.3) is 0 Å². The van der Waals surface area contributed by atoms with Gasteiger partial charge in [0.15, 0.2) is 17.7 Å². The maximum Gasteiger partial charge on any atom is 0.205 e. The predicted molar refractivity (Wildman–Crippen MR) is 103 cm³/mol. The lowest BCUT2D eigenvalue weighted by Crippen LogP contribution is -2.38. The van der Waals surface area contributed by atoms with Gasteiger partial charge in [-0.1, -0.05) is 16.8 Å². The molecule has 0 aliphatic carbocycles. The van der Waals surface area contributed by atoms with Crippen LogP contribution in [-0.2, 0) is 6.54 Å². The van der Waals surface area contributed by atoms with Gasteiger partial charge >= 0.3 is 0 Å². The number of nitrogens with two attached hydrogens (primary N) is 1. The molecule has 12 heteroatoms. The molecule has 0 saturated heterocycles. The molecule has 1 heterocycles. The monoisotopic (exact) mass is 407 g/mol. The van der Waals surface area contributed by atoms with E-state index in [9.17, 15) is 4.39 Å². The number of nitriles is 1. The summed E-state index contributed by atoms with van der Waals surface area (Å²) in [4.78, 5) is 10.4. The van der Waals surface area contributed by atoms with Crippen molar-refractivity contribution in [2.75, 3.05) is 27.2 Å². The summed E-state index contributed by atoms with van der Waals surface area (Å²) in [7, 11) is 3.86. The summed E-state index contributed by atoms with van der Waals surface area (Å²) in [6.07, 6.45) is 1.81. The molecule has 4 N–H and O–H groups in total. The lowest BCUT2D eigenvalue weighted by molar-refractivity contribution is 0.302. The van der Waals surface area contributed by atoms with Crippen LogP contribution in [0.1, 0.15) is 11.4 Å². The average molecular weight is 408 g/mol. The molecule has 2 aromatic rings. The molecule has 0 bridgehead atoms. The van der Waals surface area contributed by atoms with Crippen molar-refractivity contribution in [2.24, 2.45) is 15.7 Å². The zero-order valence-corrected chi connectivity index (χ0v) is 16.0. The number of hydrogen-bond donors (Lipinski definition) is 3. The van der Waals surface area contributed by atoms with Crippen molar-refractivity contribution in [3.63, 3.8) is 0 Å². The van der Waals surface area contributed by atoms with Gasteiger partial charge in [-0.15, -0.1) is 0 Å². The number of likely N-dealkylation sites (N-methyl/N-ethyl adjacent to an activating group) is 1. The van der Waals surface area contributed by atoms with Crippen LogP contribution in [0.25, 0.3) is 0 Å². The highest BCUT2D eigenvalue weighted by Crippen LogP contribution is 2.22. The Morgan fingerprint density at radius 1 is 1.43 bits per heavy atom. The standard InChI is InChI=1S/C16H19ClFN9O/c1-27(2)6-5-21-16(23-9-19)22-8-13-14(26-28-25-13)15(20)24-10-3-4-12(18)11(17)7-10/h3-4,7H,5-6,8H2,1-2H3,(H2,20,24)(H2,21,22,23). The first-order valence-electron chi connectivity index (χ1n) is 8.10. The Hall–Kier alpha value is -3.23. The molecule has 148 valence electrons. The molecule has 0 aliphatic heterocycles. The molecule has 0 spiro atoms. The first kappa shape index (κ1) is 21.1. The minimum Gasteiger partial charge on any atom is -0.382 e. The van der Waals surface area contributed by atoms with E-state index in [0.29, 0.717) is 17.9 Å². The number of benzene rings is 1. The fourth-order valence-electron chi connectivity index (χ4n) is 2.00. The van der Waals surface area contributed by atoms with E-state index < -0.39 is 5.82 Å². The summed E-state index contributed by atoms with van der Waals surface area (Å²) in [6.45, 7) is 1.38. The molecule has 0 aliphatic rings. The summed E-state index contributed by atoms with van der Waals surface area (Å²) >= 11 is 5.74. The van der Waals surface area contributed by atoms with Crippen molar-refractivity contribution < 1.29 is 9.02 Å². The van der Waals surface area contributed by atoms with E-state index in [-0.39, 0.29) is 29.1 Å². The van der Waals surface area contributed by atoms with Crippen LogP contribution >= 0.6 is 11.6 Å². The third-order valence-electron chi connectivity index (χ3n) is 3.36. The average Bonchev–Trinajstić information content (AvgIpc) is 3.11. The molecule has 0 unspecified atom stereocenters. The van der Waals surface area contributed by atoms with Crippen molar-refractivity contribution in [3.8, 4) is 6.19 Å². The van der Waals surface area contributed by atoms with Crippen molar-refractivity contribution in [2.45, 2.75) is 6.54 Å². The van der Waals surface area contributed by atoms with E-state index >= 15 is 0 Å². The fourth-order valence-corrected chi connectivity index (χ4v) is 2.17. The van der Waals surface area contributed by atoms with Crippen LogP contribution < -0.4 is 16.4 Å². The first-order chi connectivity index (χ1) is 13.4. The van der Waals surface area contributed by atoms with E-state index in [1.54, 1.807) is 0 Å². The van der Waals surface area contributed by atoms with E-state index in [2.05, 4.69) is 30.9 Å². The van der Waals surface area contributed by atoms with Crippen molar-refractivity contribution >= 4 is 29.1 Å². The Kier molecular flexibility index (Phi) is 7.67. The molecule has 0 atom stereocenters. The third-order valence-corrected chi connectivity index (χ3v) is 3.65. The molecular formula is C16H19ClFN9O. The second-order valence-corrected chi connectivity index (χ2v) is 6.19. The maximum atomic E-state index is 13.2. The van der Waals surface area contributed by atoms with Gasteiger partial charge in [0, 0.05) is 13.1 Å². The normalized spacial score (nSPS) is 12.1. The minimum atomic E-state index is -0.559. The Morgan fingerprint density at radius 2 is 2.21 bits per heavy atom. The second-order valence-electron chi connectivity index (χ2n) is 5.79. The van der Waals surface area contributed by atoms with Gasteiger partial charge in [-0.25, -0.2) is 19.0 Å².